The first-order valence-corrected chi connectivity index (χ1v) is 10.7. The second-order valence-corrected chi connectivity index (χ2v) is 8.32. The fourth-order valence-corrected chi connectivity index (χ4v) is 4.00. The van der Waals surface area contributed by atoms with Crippen molar-refractivity contribution >= 4 is 40.7 Å². The molecule has 8 heteroatoms. The molecular formula is C22H19Cl3N2O3. The Bertz CT molecular complexity index is 1050. The number of nitrogens with zero attached hydrogens (tertiary/aromatic N) is 2. The highest BCUT2D eigenvalue weighted by Gasteiger charge is 2.27. The smallest absolute Gasteiger partial charge is 0.223 e. The summed E-state index contributed by atoms with van der Waals surface area (Å²) in [7, 11) is 0. The minimum atomic E-state index is 0.0784. The van der Waals surface area contributed by atoms with Gasteiger partial charge in [0.25, 0.3) is 0 Å². The molecule has 0 saturated carbocycles. The second-order valence-electron chi connectivity index (χ2n) is 7.04. The number of carbonyl (C=O) groups is 1. The van der Waals surface area contributed by atoms with Crippen LogP contribution >= 0.6 is 34.8 Å². The summed E-state index contributed by atoms with van der Waals surface area (Å²) in [5.41, 5.74) is 2.77. The van der Waals surface area contributed by atoms with E-state index in [0.717, 1.165) is 16.8 Å². The third-order valence-electron chi connectivity index (χ3n) is 4.98. The topological polar surface area (TPSA) is 55.6 Å². The van der Waals surface area contributed by atoms with Crippen molar-refractivity contribution in [2.45, 2.75) is 25.8 Å². The Kier molecular flexibility index (Phi) is 6.52. The molecule has 0 aliphatic carbocycles. The molecular weight excluding hydrogens is 447 g/mol. The highest BCUT2D eigenvalue weighted by molar-refractivity contribution is 6.35. The van der Waals surface area contributed by atoms with Crippen LogP contribution in [0.2, 0.25) is 15.1 Å². The lowest BCUT2D eigenvalue weighted by molar-refractivity contribution is -0.132. The lowest BCUT2D eigenvalue weighted by Crippen LogP contribution is -2.36. The molecule has 156 valence electrons. The van der Waals surface area contributed by atoms with Crippen LogP contribution in [0.3, 0.4) is 0 Å². The van der Waals surface area contributed by atoms with Crippen LogP contribution in [0.5, 0.6) is 5.75 Å². The third-order valence-corrected chi connectivity index (χ3v) is 5.77. The van der Waals surface area contributed by atoms with Gasteiger partial charge in [-0.15, -0.1) is 0 Å². The SMILES string of the molecule is O=C(CCCOc1ccc(Cl)cc1Cl)N1CCc2noc(-c3ccc(Cl)cc3)c2C1. The van der Waals surface area contributed by atoms with Gasteiger partial charge in [0.2, 0.25) is 5.91 Å². The highest BCUT2D eigenvalue weighted by atomic mass is 35.5. The number of hydrogen-bond acceptors (Lipinski definition) is 4. The lowest BCUT2D eigenvalue weighted by atomic mass is 10.0. The average molecular weight is 466 g/mol. The first-order valence-electron chi connectivity index (χ1n) is 9.60. The Morgan fingerprint density at radius 2 is 1.87 bits per heavy atom. The molecule has 2 heterocycles. The van der Waals surface area contributed by atoms with Crippen molar-refractivity contribution < 1.29 is 14.1 Å². The number of rotatable bonds is 6. The molecule has 1 aliphatic rings. The predicted octanol–water partition coefficient (Wildman–Crippen LogP) is 6.05. The molecule has 2 aromatic carbocycles. The molecule has 1 aromatic heterocycles. The molecule has 1 amide bonds. The zero-order valence-corrected chi connectivity index (χ0v) is 18.3. The van der Waals surface area contributed by atoms with Crippen molar-refractivity contribution in [1.29, 1.82) is 0 Å². The minimum absolute atomic E-state index is 0.0784. The van der Waals surface area contributed by atoms with Gasteiger partial charge >= 0.3 is 0 Å². The van der Waals surface area contributed by atoms with Crippen LogP contribution in [0.25, 0.3) is 11.3 Å². The first kappa shape index (κ1) is 21.0. The van der Waals surface area contributed by atoms with E-state index in [2.05, 4.69) is 5.16 Å². The fraction of sp³-hybridized carbons (Fsp3) is 0.273. The van der Waals surface area contributed by atoms with Crippen LogP contribution < -0.4 is 4.74 Å². The Morgan fingerprint density at radius 1 is 1.10 bits per heavy atom. The molecule has 5 nitrogen and oxygen atoms in total. The van der Waals surface area contributed by atoms with Gasteiger partial charge in [-0.05, 0) is 48.9 Å². The maximum atomic E-state index is 12.7. The van der Waals surface area contributed by atoms with E-state index in [1.54, 1.807) is 18.2 Å². The summed E-state index contributed by atoms with van der Waals surface area (Å²) in [5.74, 6) is 1.34. The molecule has 30 heavy (non-hydrogen) atoms. The molecule has 3 aromatic rings. The van der Waals surface area contributed by atoms with E-state index >= 15 is 0 Å². The number of hydrogen-bond donors (Lipinski definition) is 0. The van der Waals surface area contributed by atoms with Gasteiger partial charge in [0.1, 0.15) is 5.75 Å². The molecule has 0 radical (unpaired) electrons. The van der Waals surface area contributed by atoms with Crippen LogP contribution in [-0.2, 0) is 17.8 Å². The van der Waals surface area contributed by atoms with Gasteiger partial charge in [0.15, 0.2) is 5.76 Å². The number of amides is 1. The number of ether oxygens (including phenoxy) is 1. The van der Waals surface area contributed by atoms with Gasteiger partial charge < -0.3 is 14.2 Å². The van der Waals surface area contributed by atoms with E-state index in [4.69, 9.17) is 44.1 Å². The molecule has 0 atom stereocenters. The molecule has 0 saturated heterocycles. The molecule has 0 unspecified atom stereocenters. The maximum Gasteiger partial charge on any atom is 0.223 e. The molecule has 4 rings (SSSR count). The number of fused-ring (bicyclic) bond motifs is 1. The number of carbonyl (C=O) groups excluding carboxylic acids is 1. The fourth-order valence-electron chi connectivity index (χ4n) is 3.41. The maximum absolute atomic E-state index is 12.7. The van der Waals surface area contributed by atoms with E-state index in [0.29, 0.717) is 65.5 Å². The predicted molar refractivity (Wildman–Crippen MR) is 117 cm³/mol. The van der Waals surface area contributed by atoms with Gasteiger partial charge in [-0.2, -0.15) is 0 Å². The van der Waals surface area contributed by atoms with Gasteiger partial charge in [-0.1, -0.05) is 40.0 Å². The van der Waals surface area contributed by atoms with Crippen molar-refractivity contribution in [3.05, 3.63) is 68.8 Å². The quantitative estimate of drug-likeness (QED) is 0.416. The van der Waals surface area contributed by atoms with E-state index < -0.39 is 0 Å². The van der Waals surface area contributed by atoms with E-state index in [-0.39, 0.29) is 5.91 Å². The van der Waals surface area contributed by atoms with Crippen LogP contribution in [0.1, 0.15) is 24.1 Å². The average Bonchev–Trinajstić information content (AvgIpc) is 3.16. The first-order chi connectivity index (χ1) is 14.5. The molecule has 0 fully saturated rings. The van der Waals surface area contributed by atoms with Gasteiger partial charge in [0, 0.05) is 40.6 Å². The molecule has 0 spiro atoms. The van der Waals surface area contributed by atoms with Gasteiger partial charge in [0.05, 0.1) is 23.9 Å². The summed E-state index contributed by atoms with van der Waals surface area (Å²) < 4.78 is 11.2. The van der Waals surface area contributed by atoms with Gasteiger partial charge in [-0.3, -0.25) is 4.79 Å². The largest absolute Gasteiger partial charge is 0.492 e. The number of aromatic nitrogens is 1. The lowest BCUT2D eigenvalue weighted by Gasteiger charge is -2.26. The normalized spacial score (nSPS) is 13.2. The Balaban J connectivity index is 1.33. The Labute approximate surface area is 189 Å². The number of benzene rings is 2. The van der Waals surface area contributed by atoms with Crippen LogP contribution in [0.15, 0.2) is 47.0 Å². The van der Waals surface area contributed by atoms with E-state index in [9.17, 15) is 4.79 Å². The van der Waals surface area contributed by atoms with Crippen molar-refractivity contribution in [2.75, 3.05) is 13.2 Å². The molecule has 0 bridgehead atoms. The summed E-state index contributed by atoms with van der Waals surface area (Å²) in [4.78, 5) is 14.5. The monoisotopic (exact) mass is 464 g/mol. The van der Waals surface area contributed by atoms with Crippen molar-refractivity contribution in [3.63, 3.8) is 0 Å². The van der Waals surface area contributed by atoms with Gasteiger partial charge in [-0.25, -0.2) is 0 Å². The standard InChI is InChI=1S/C22H19Cl3N2O3/c23-15-5-3-14(4-6-15)22-17-13-27(10-9-19(17)26-30-22)21(28)2-1-11-29-20-8-7-16(24)12-18(20)25/h3-8,12H,1-2,9-11,13H2. The van der Waals surface area contributed by atoms with Crippen LogP contribution in [0, 0.1) is 0 Å². The minimum Gasteiger partial charge on any atom is -0.492 e. The highest BCUT2D eigenvalue weighted by Crippen LogP contribution is 2.31. The van der Waals surface area contributed by atoms with Crippen LogP contribution in [0.4, 0.5) is 0 Å². The Morgan fingerprint density at radius 3 is 2.63 bits per heavy atom. The number of halogens is 3. The summed E-state index contributed by atoms with van der Waals surface area (Å²) >= 11 is 18.0. The summed E-state index contributed by atoms with van der Waals surface area (Å²) in [6.45, 7) is 1.51. The van der Waals surface area contributed by atoms with Crippen LogP contribution in [-0.4, -0.2) is 29.1 Å². The second kappa shape index (κ2) is 9.29. The summed E-state index contributed by atoms with van der Waals surface area (Å²) in [5, 5.41) is 5.86. The van der Waals surface area contributed by atoms with E-state index in [1.807, 2.05) is 29.2 Å². The zero-order valence-electron chi connectivity index (χ0n) is 16.0. The third kappa shape index (κ3) is 4.75. The Hall–Kier alpha value is -2.21. The summed E-state index contributed by atoms with van der Waals surface area (Å²) in [6, 6.07) is 12.5. The zero-order chi connectivity index (χ0) is 21.1. The van der Waals surface area contributed by atoms with Crippen molar-refractivity contribution in [1.82, 2.24) is 10.1 Å². The van der Waals surface area contributed by atoms with E-state index in [1.165, 1.54) is 0 Å². The van der Waals surface area contributed by atoms with Crippen molar-refractivity contribution in [3.8, 4) is 17.1 Å². The van der Waals surface area contributed by atoms with Crippen molar-refractivity contribution in [2.24, 2.45) is 0 Å². The molecule has 1 aliphatic heterocycles. The molecule has 0 N–H and O–H groups in total. The summed E-state index contributed by atoms with van der Waals surface area (Å²) in [6.07, 6.45) is 1.66.